The monoisotopic (exact) mass is 455 g/mol. The summed E-state index contributed by atoms with van der Waals surface area (Å²) in [6.45, 7) is 4.91. The predicted octanol–water partition coefficient (Wildman–Crippen LogP) is 4.71. The second kappa shape index (κ2) is 12.0. The number of likely N-dealkylation sites (tertiary alicyclic amines) is 1. The molecule has 1 aliphatic rings. The van der Waals surface area contributed by atoms with Crippen molar-refractivity contribution in [3.8, 4) is 5.75 Å². The molecule has 4 rings (SSSR count). The molecule has 1 fully saturated rings. The summed E-state index contributed by atoms with van der Waals surface area (Å²) in [5, 5.41) is 7.85. The van der Waals surface area contributed by atoms with Gasteiger partial charge in [-0.15, -0.1) is 11.8 Å². The Morgan fingerprint density at radius 1 is 1.12 bits per heavy atom. The fraction of sp³-hybridized carbons (Fsp3) is 0.500. The molecule has 0 radical (unpaired) electrons. The first-order valence-corrected chi connectivity index (χ1v) is 12.6. The Kier molecular flexibility index (Phi) is 8.50. The van der Waals surface area contributed by atoms with Crippen molar-refractivity contribution >= 4 is 17.7 Å². The van der Waals surface area contributed by atoms with Gasteiger partial charge in [0, 0.05) is 20.1 Å². The molecular weight excluding hydrogens is 422 g/mol. The summed E-state index contributed by atoms with van der Waals surface area (Å²) in [5.74, 6) is 5.13. The molecule has 1 aliphatic heterocycles. The molecule has 172 valence electrons. The molecule has 0 atom stereocenters. The molecule has 1 aromatic carbocycles. The van der Waals surface area contributed by atoms with Gasteiger partial charge in [0.2, 0.25) is 5.95 Å². The van der Waals surface area contributed by atoms with E-state index in [9.17, 15) is 0 Å². The summed E-state index contributed by atoms with van der Waals surface area (Å²) in [5.41, 5.74) is 1.33. The van der Waals surface area contributed by atoms with Gasteiger partial charge >= 0.3 is 0 Å². The molecule has 2 aromatic heterocycles. The standard InChI is InChI=1S/C24H33N5O2S/c1-28-24(26-23(27-28)19-32-18-22-10-6-14-31-22)25-11-7-15-30-21-9-5-8-20(16-21)17-29-12-3-2-4-13-29/h5-6,8-10,14,16H,2-4,7,11-13,15,17-19H2,1H3,(H,25,26,27). The number of furan rings is 1. The average molecular weight is 456 g/mol. The molecule has 0 saturated carbocycles. The number of hydrogen-bond donors (Lipinski definition) is 1. The van der Waals surface area contributed by atoms with Crippen LogP contribution in [0.25, 0.3) is 0 Å². The van der Waals surface area contributed by atoms with Crippen LogP contribution in [-0.4, -0.2) is 45.9 Å². The molecule has 0 aliphatic carbocycles. The quantitative estimate of drug-likeness (QED) is 0.397. The third-order valence-corrected chi connectivity index (χ3v) is 6.44. The van der Waals surface area contributed by atoms with Crippen molar-refractivity contribution in [2.45, 2.75) is 43.7 Å². The molecule has 7 nitrogen and oxygen atoms in total. The van der Waals surface area contributed by atoms with Crippen LogP contribution in [0.2, 0.25) is 0 Å². The highest BCUT2D eigenvalue weighted by atomic mass is 32.2. The second-order valence-electron chi connectivity index (χ2n) is 8.16. The van der Waals surface area contributed by atoms with Gasteiger partial charge in [-0.2, -0.15) is 10.1 Å². The zero-order valence-corrected chi connectivity index (χ0v) is 19.6. The third-order valence-electron chi connectivity index (χ3n) is 5.49. The number of aryl methyl sites for hydroxylation is 1. The zero-order chi connectivity index (χ0) is 22.0. The van der Waals surface area contributed by atoms with E-state index in [-0.39, 0.29) is 0 Å². The number of ether oxygens (including phenoxy) is 1. The highest BCUT2D eigenvalue weighted by Gasteiger charge is 2.11. The van der Waals surface area contributed by atoms with E-state index in [1.54, 1.807) is 22.7 Å². The largest absolute Gasteiger partial charge is 0.494 e. The Labute approximate surface area is 194 Å². The van der Waals surface area contributed by atoms with Crippen molar-refractivity contribution in [2.75, 3.05) is 31.6 Å². The fourth-order valence-corrected chi connectivity index (χ4v) is 4.63. The van der Waals surface area contributed by atoms with Crippen molar-refractivity contribution in [2.24, 2.45) is 7.05 Å². The van der Waals surface area contributed by atoms with Crippen molar-refractivity contribution in [1.82, 2.24) is 19.7 Å². The number of nitrogens with one attached hydrogen (secondary N) is 1. The molecule has 3 heterocycles. The number of aromatic nitrogens is 3. The minimum Gasteiger partial charge on any atom is -0.494 e. The number of piperidine rings is 1. The maximum atomic E-state index is 5.98. The van der Waals surface area contributed by atoms with E-state index in [0.29, 0.717) is 6.61 Å². The van der Waals surface area contributed by atoms with Gasteiger partial charge in [0.1, 0.15) is 11.5 Å². The minimum absolute atomic E-state index is 0.671. The summed E-state index contributed by atoms with van der Waals surface area (Å²) in [6, 6.07) is 12.4. The Bertz CT molecular complexity index is 938. The number of benzene rings is 1. The number of hydrogen-bond acceptors (Lipinski definition) is 7. The van der Waals surface area contributed by atoms with Crippen LogP contribution < -0.4 is 10.1 Å². The van der Waals surface area contributed by atoms with Gasteiger partial charge < -0.3 is 14.5 Å². The lowest BCUT2D eigenvalue weighted by molar-refractivity contribution is 0.220. The maximum Gasteiger partial charge on any atom is 0.221 e. The lowest BCUT2D eigenvalue weighted by atomic mass is 10.1. The lowest BCUT2D eigenvalue weighted by Gasteiger charge is -2.26. The minimum atomic E-state index is 0.671. The van der Waals surface area contributed by atoms with Crippen molar-refractivity contribution in [3.05, 3.63) is 59.8 Å². The van der Waals surface area contributed by atoms with Gasteiger partial charge in [-0.1, -0.05) is 18.6 Å². The van der Waals surface area contributed by atoms with E-state index in [1.165, 1.54) is 37.9 Å². The van der Waals surface area contributed by atoms with Crippen LogP contribution in [0.15, 0.2) is 47.1 Å². The van der Waals surface area contributed by atoms with Gasteiger partial charge in [-0.05, 0) is 62.2 Å². The predicted molar refractivity (Wildman–Crippen MR) is 129 cm³/mol. The number of anilines is 1. The van der Waals surface area contributed by atoms with Gasteiger partial charge in [-0.25, -0.2) is 4.68 Å². The summed E-state index contributed by atoms with van der Waals surface area (Å²) in [6.07, 6.45) is 6.60. The van der Waals surface area contributed by atoms with Crippen LogP contribution in [0.4, 0.5) is 5.95 Å². The lowest BCUT2D eigenvalue weighted by Crippen LogP contribution is -2.29. The molecule has 1 N–H and O–H groups in total. The van der Waals surface area contributed by atoms with E-state index < -0.39 is 0 Å². The summed E-state index contributed by atoms with van der Waals surface area (Å²) in [4.78, 5) is 7.13. The van der Waals surface area contributed by atoms with Crippen LogP contribution >= 0.6 is 11.8 Å². The van der Waals surface area contributed by atoms with Gasteiger partial charge in [-0.3, -0.25) is 4.90 Å². The van der Waals surface area contributed by atoms with Crippen LogP contribution in [0.3, 0.4) is 0 Å². The fourth-order valence-electron chi connectivity index (χ4n) is 3.86. The maximum absolute atomic E-state index is 5.98. The van der Waals surface area contributed by atoms with E-state index in [2.05, 4.69) is 38.5 Å². The zero-order valence-electron chi connectivity index (χ0n) is 18.8. The first-order chi connectivity index (χ1) is 15.8. The summed E-state index contributed by atoms with van der Waals surface area (Å²) in [7, 11) is 1.92. The third kappa shape index (κ3) is 7.03. The summed E-state index contributed by atoms with van der Waals surface area (Å²) < 4.78 is 13.1. The Balaban J connectivity index is 1.14. The summed E-state index contributed by atoms with van der Waals surface area (Å²) >= 11 is 1.74. The molecule has 0 bridgehead atoms. The van der Waals surface area contributed by atoms with Crippen molar-refractivity contribution in [3.63, 3.8) is 0 Å². The van der Waals surface area contributed by atoms with Gasteiger partial charge in [0.25, 0.3) is 0 Å². The highest BCUT2D eigenvalue weighted by Crippen LogP contribution is 2.19. The van der Waals surface area contributed by atoms with E-state index in [1.807, 2.05) is 25.2 Å². The van der Waals surface area contributed by atoms with Gasteiger partial charge in [0.05, 0.1) is 24.4 Å². The highest BCUT2D eigenvalue weighted by molar-refractivity contribution is 7.97. The van der Waals surface area contributed by atoms with E-state index in [4.69, 9.17) is 9.15 Å². The smallest absolute Gasteiger partial charge is 0.221 e. The number of thioether (sulfide) groups is 1. The number of rotatable bonds is 12. The molecule has 32 heavy (non-hydrogen) atoms. The SMILES string of the molecule is Cn1nc(CSCc2ccco2)nc1NCCCOc1cccc(CN2CCCCC2)c1. The molecular formula is C24H33N5O2S. The van der Waals surface area contributed by atoms with E-state index in [0.717, 1.165) is 54.3 Å². The average Bonchev–Trinajstić information content (AvgIpc) is 3.44. The Morgan fingerprint density at radius 2 is 2.03 bits per heavy atom. The molecule has 0 unspecified atom stereocenters. The van der Waals surface area contributed by atoms with Crippen molar-refractivity contribution < 1.29 is 9.15 Å². The molecule has 0 amide bonds. The first-order valence-electron chi connectivity index (χ1n) is 11.4. The van der Waals surface area contributed by atoms with Crippen LogP contribution in [0.5, 0.6) is 5.75 Å². The molecule has 0 spiro atoms. The molecule has 8 heteroatoms. The van der Waals surface area contributed by atoms with Crippen molar-refractivity contribution in [1.29, 1.82) is 0 Å². The topological polar surface area (TPSA) is 68.3 Å². The number of nitrogens with zero attached hydrogens (tertiary/aromatic N) is 4. The van der Waals surface area contributed by atoms with E-state index >= 15 is 0 Å². The second-order valence-corrected chi connectivity index (χ2v) is 9.15. The van der Waals surface area contributed by atoms with Crippen LogP contribution in [-0.2, 0) is 25.1 Å². The van der Waals surface area contributed by atoms with Crippen LogP contribution in [0.1, 0.15) is 42.8 Å². The Hall–Kier alpha value is -2.45. The molecule has 3 aromatic rings. The Morgan fingerprint density at radius 3 is 2.88 bits per heavy atom. The first kappa shape index (κ1) is 22.7. The van der Waals surface area contributed by atoms with Crippen LogP contribution in [0, 0.1) is 0 Å². The molecule has 1 saturated heterocycles. The van der Waals surface area contributed by atoms with Gasteiger partial charge in [0.15, 0.2) is 5.82 Å². The normalized spacial score (nSPS) is 14.5.